The summed E-state index contributed by atoms with van der Waals surface area (Å²) in [5.41, 5.74) is -0.229. The van der Waals surface area contributed by atoms with Crippen LogP contribution in [0.3, 0.4) is 0 Å². The van der Waals surface area contributed by atoms with Gasteiger partial charge in [-0.1, -0.05) is 35.9 Å². The molecule has 4 heterocycles. The Morgan fingerprint density at radius 1 is 1.11 bits per heavy atom. The van der Waals surface area contributed by atoms with Crippen molar-refractivity contribution in [3.05, 3.63) is 53.2 Å². The van der Waals surface area contributed by atoms with Gasteiger partial charge in [0, 0.05) is 48.9 Å². The molecule has 6 rings (SSSR count). The van der Waals surface area contributed by atoms with Crippen molar-refractivity contribution in [3.8, 4) is 17.3 Å². The highest BCUT2D eigenvalue weighted by atomic mass is 35.5. The topological polar surface area (TPSA) is 83.9 Å². The second-order valence-electron chi connectivity index (χ2n) is 12.8. The number of anilines is 1. The van der Waals surface area contributed by atoms with Gasteiger partial charge in [0.25, 0.3) is 0 Å². The van der Waals surface area contributed by atoms with Gasteiger partial charge in [-0.15, -0.1) is 0 Å². The van der Waals surface area contributed by atoms with E-state index in [1.807, 2.05) is 32.6 Å². The summed E-state index contributed by atoms with van der Waals surface area (Å²) in [5.74, 6) is -0.826. The lowest BCUT2D eigenvalue weighted by Gasteiger charge is -2.41. The first-order chi connectivity index (χ1) is 21.4. The predicted molar refractivity (Wildman–Crippen MR) is 171 cm³/mol. The van der Waals surface area contributed by atoms with Gasteiger partial charge in [0.05, 0.1) is 10.4 Å². The Balaban J connectivity index is 1.42. The monoisotopic (exact) mass is 638 g/mol. The molecule has 0 N–H and O–H groups in total. The third kappa shape index (κ3) is 6.20. The van der Waals surface area contributed by atoms with Gasteiger partial charge in [-0.3, -0.25) is 4.98 Å². The van der Waals surface area contributed by atoms with Crippen molar-refractivity contribution in [2.45, 2.75) is 58.2 Å². The van der Waals surface area contributed by atoms with Crippen LogP contribution in [0.4, 0.5) is 19.4 Å². The fraction of sp³-hybridized carbons (Fsp3) is 0.455. The number of aromatic nitrogens is 3. The molecule has 238 valence electrons. The molecule has 0 radical (unpaired) electrons. The molecule has 2 saturated heterocycles. The predicted octanol–water partition coefficient (Wildman–Crippen LogP) is 6.70. The average molecular weight is 639 g/mol. The van der Waals surface area contributed by atoms with E-state index in [4.69, 9.17) is 26.1 Å². The van der Waals surface area contributed by atoms with E-state index >= 15 is 4.39 Å². The number of hydrogen-bond donors (Lipinski definition) is 0. The third-order valence-electron chi connectivity index (χ3n) is 8.46. The number of nitrogens with zero attached hydrogens (tertiary/aromatic N) is 6. The van der Waals surface area contributed by atoms with Crippen molar-refractivity contribution in [2.24, 2.45) is 0 Å². The maximum absolute atomic E-state index is 16.6. The molecule has 45 heavy (non-hydrogen) atoms. The number of halogens is 3. The van der Waals surface area contributed by atoms with E-state index in [-0.39, 0.29) is 40.4 Å². The number of amides is 1. The Hall–Kier alpha value is -3.83. The molecule has 0 spiro atoms. The van der Waals surface area contributed by atoms with E-state index in [9.17, 15) is 9.18 Å². The highest BCUT2D eigenvalue weighted by molar-refractivity contribution is 6.36. The molecule has 12 heteroatoms. The van der Waals surface area contributed by atoms with Crippen LogP contribution in [0.1, 0.15) is 40.5 Å². The molecule has 2 aliphatic heterocycles. The molecule has 2 aromatic heterocycles. The lowest BCUT2D eigenvalue weighted by atomic mass is 10.0. The lowest BCUT2D eigenvalue weighted by molar-refractivity contribution is 0.0218. The number of piperazine rings is 1. The normalized spacial score (nSPS) is 19.5. The van der Waals surface area contributed by atoms with Crippen LogP contribution < -0.4 is 9.64 Å². The zero-order valence-electron chi connectivity index (χ0n) is 26.1. The highest BCUT2D eigenvalue weighted by Crippen LogP contribution is 2.38. The van der Waals surface area contributed by atoms with Crippen LogP contribution in [0.25, 0.3) is 32.9 Å². The van der Waals surface area contributed by atoms with Gasteiger partial charge in [-0.05, 0) is 65.6 Å². The average Bonchev–Trinajstić information content (AvgIpc) is 3.41. The van der Waals surface area contributed by atoms with Crippen LogP contribution in [-0.2, 0) is 4.74 Å². The van der Waals surface area contributed by atoms with Crippen molar-refractivity contribution >= 4 is 45.2 Å². The molecule has 2 aromatic carbocycles. The summed E-state index contributed by atoms with van der Waals surface area (Å²) >= 11 is 6.39. The van der Waals surface area contributed by atoms with Gasteiger partial charge < -0.3 is 24.2 Å². The fourth-order valence-electron chi connectivity index (χ4n) is 6.13. The molecule has 4 aromatic rings. The van der Waals surface area contributed by atoms with Crippen molar-refractivity contribution in [2.75, 3.05) is 44.7 Å². The van der Waals surface area contributed by atoms with Crippen LogP contribution in [-0.4, -0.2) is 88.4 Å². The van der Waals surface area contributed by atoms with Crippen molar-refractivity contribution in [1.82, 2.24) is 24.8 Å². The molecule has 2 atom stereocenters. The smallest absolute Gasteiger partial charge is 0.410 e. The minimum Gasteiger partial charge on any atom is -0.462 e. The maximum atomic E-state index is 16.6. The van der Waals surface area contributed by atoms with E-state index in [0.717, 1.165) is 19.4 Å². The van der Waals surface area contributed by atoms with E-state index in [1.165, 1.54) is 12.3 Å². The summed E-state index contributed by atoms with van der Waals surface area (Å²) in [5, 5.41) is 1.32. The molecule has 0 saturated carbocycles. The second-order valence-corrected chi connectivity index (χ2v) is 13.2. The molecular weight excluding hydrogens is 602 g/mol. The van der Waals surface area contributed by atoms with Gasteiger partial charge in [0.2, 0.25) is 0 Å². The van der Waals surface area contributed by atoms with E-state index in [0.29, 0.717) is 53.8 Å². The van der Waals surface area contributed by atoms with Crippen molar-refractivity contribution in [1.29, 1.82) is 0 Å². The molecule has 0 unspecified atom stereocenters. The highest BCUT2D eigenvalue weighted by Gasteiger charge is 2.33. The number of fused-ring (bicyclic) bond motifs is 2. The zero-order chi connectivity index (χ0) is 32.0. The maximum Gasteiger partial charge on any atom is 0.410 e. The standard InChI is InChI=1S/C33H37ClF2N6O3/c1-19-17-41(32(43)45-33(2,3)4)14-15-42(19)30-23-16-37-28(22-10-6-8-20-11-12-24(35)26(34)25(20)22)27(36)29(23)38-31(39-30)44-18-21-9-7-13-40(21)5/h6,8,10-12,16,19,21H,7,9,13-15,17-18H2,1-5H3/t19-,21-/m0/s1. The van der Waals surface area contributed by atoms with E-state index in [1.54, 1.807) is 29.2 Å². The Morgan fingerprint density at radius 2 is 1.91 bits per heavy atom. The number of hydrogen-bond acceptors (Lipinski definition) is 8. The zero-order valence-corrected chi connectivity index (χ0v) is 26.9. The summed E-state index contributed by atoms with van der Waals surface area (Å²) in [4.78, 5) is 32.6. The SMILES string of the molecule is C[C@H]1CN(C(=O)OC(C)(C)C)CCN1c1nc(OC[C@@H]2CCCN2C)nc2c(F)c(-c3cccc4ccc(F)c(Cl)c34)ncc12. The van der Waals surface area contributed by atoms with E-state index < -0.39 is 17.2 Å². The second kappa shape index (κ2) is 12.2. The number of carbonyl (C=O) groups is 1. The van der Waals surface area contributed by atoms with Crippen molar-refractivity contribution < 1.29 is 23.0 Å². The minimum absolute atomic E-state index is 0.00507. The summed E-state index contributed by atoms with van der Waals surface area (Å²) in [6, 6.07) is 8.16. The molecule has 9 nitrogen and oxygen atoms in total. The first-order valence-electron chi connectivity index (χ1n) is 15.2. The van der Waals surface area contributed by atoms with Gasteiger partial charge in [-0.2, -0.15) is 9.97 Å². The fourth-order valence-corrected chi connectivity index (χ4v) is 6.40. The van der Waals surface area contributed by atoms with Crippen LogP contribution in [0, 0.1) is 11.6 Å². The van der Waals surface area contributed by atoms with Gasteiger partial charge in [0.15, 0.2) is 5.82 Å². The number of ether oxygens (including phenoxy) is 2. The number of likely N-dealkylation sites (N-methyl/N-ethyl adjacent to an activating group) is 1. The summed E-state index contributed by atoms with van der Waals surface area (Å²) in [7, 11) is 2.05. The molecule has 2 aliphatic rings. The molecule has 1 amide bonds. The summed E-state index contributed by atoms with van der Waals surface area (Å²) < 4.78 is 42.9. The first-order valence-corrected chi connectivity index (χ1v) is 15.6. The van der Waals surface area contributed by atoms with Crippen LogP contribution in [0.2, 0.25) is 5.02 Å². The van der Waals surface area contributed by atoms with Crippen LogP contribution in [0.5, 0.6) is 6.01 Å². The van der Waals surface area contributed by atoms with Gasteiger partial charge in [0.1, 0.15) is 35.1 Å². The van der Waals surface area contributed by atoms with Crippen LogP contribution in [0.15, 0.2) is 36.5 Å². The quantitative estimate of drug-likeness (QED) is 0.239. The molecule has 2 fully saturated rings. The number of benzene rings is 2. The molecule has 0 aliphatic carbocycles. The Bertz CT molecular complexity index is 1770. The summed E-state index contributed by atoms with van der Waals surface area (Å²) in [6.45, 7) is 10.0. The lowest BCUT2D eigenvalue weighted by Crippen LogP contribution is -2.55. The first kappa shape index (κ1) is 31.2. The largest absolute Gasteiger partial charge is 0.462 e. The number of carbonyl (C=O) groups excluding carboxylic acids is 1. The van der Waals surface area contributed by atoms with Crippen molar-refractivity contribution in [3.63, 3.8) is 0 Å². The van der Waals surface area contributed by atoms with Gasteiger partial charge >= 0.3 is 12.1 Å². The third-order valence-corrected chi connectivity index (χ3v) is 8.83. The molecule has 0 bridgehead atoms. The van der Waals surface area contributed by atoms with Gasteiger partial charge in [-0.25, -0.2) is 13.6 Å². The van der Waals surface area contributed by atoms with Crippen LogP contribution >= 0.6 is 11.6 Å². The Morgan fingerprint density at radius 3 is 2.62 bits per heavy atom. The molecular formula is C33H37ClF2N6O3. The number of likely N-dealkylation sites (tertiary alicyclic amines) is 1. The Labute approximate surface area is 266 Å². The Kier molecular flexibility index (Phi) is 8.43. The van der Waals surface area contributed by atoms with E-state index in [2.05, 4.69) is 21.9 Å². The summed E-state index contributed by atoms with van der Waals surface area (Å²) in [6.07, 6.45) is 3.22. The minimum atomic E-state index is -0.688. The number of pyridine rings is 1. The number of rotatable bonds is 5.